The zero-order chi connectivity index (χ0) is 10.8. The average molecular weight is 202 g/mol. The van der Waals surface area contributed by atoms with E-state index in [4.69, 9.17) is 0 Å². The summed E-state index contributed by atoms with van der Waals surface area (Å²) in [6, 6.07) is 7.82. The fraction of sp³-hybridized carbons (Fsp3) is 0.250. The summed E-state index contributed by atoms with van der Waals surface area (Å²) in [6.07, 6.45) is 0.294. The first-order valence-corrected chi connectivity index (χ1v) is 4.80. The third-order valence-corrected chi connectivity index (χ3v) is 2.50. The fourth-order valence-electron chi connectivity index (χ4n) is 1.71. The Morgan fingerprint density at radius 1 is 1.40 bits per heavy atom. The highest BCUT2D eigenvalue weighted by molar-refractivity contribution is 5.91. The van der Waals surface area contributed by atoms with Crippen LogP contribution in [0.1, 0.15) is 18.9 Å². The van der Waals surface area contributed by atoms with E-state index in [1.54, 1.807) is 0 Å². The number of benzene rings is 1. The van der Waals surface area contributed by atoms with Gasteiger partial charge in [-0.05, 0) is 18.6 Å². The van der Waals surface area contributed by atoms with Crippen LogP contribution >= 0.6 is 0 Å². The van der Waals surface area contributed by atoms with Crippen LogP contribution in [0.15, 0.2) is 30.0 Å². The number of methoxy groups -OCH3 is 1. The van der Waals surface area contributed by atoms with Crippen molar-refractivity contribution in [2.75, 3.05) is 7.11 Å². The lowest BCUT2D eigenvalue weighted by atomic mass is 10.0. The van der Waals surface area contributed by atoms with Crippen LogP contribution in [0.3, 0.4) is 0 Å². The third kappa shape index (κ3) is 1.73. The Bertz CT molecular complexity index is 435. The molecule has 1 radical (unpaired) electrons. The quantitative estimate of drug-likeness (QED) is 0.690. The molecular weight excluding hydrogens is 190 g/mol. The first-order chi connectivity index (χ1) is 7.22. The molecule has 3 heteroatoms. The van der Waals surface area contributed by atoms with E-state index >= 15 is 0 Å². The Hall–Kier alpha value is -1.77. The number of fused-ring (bicyclic) bond motifs is 1. The smallest absolute Gasteiger partial charge is 0.310 e. The minimum Gasteiger partial charge on any atom is -0.469 e. The van der Waals surface area contributed by atoms with Crippen molar-refractivity contribution in [3.05, 3.63) is 35.5 Å². The molecule has 0 fully saturated rings. The highest BCUT2D eigenvalue weighted by atomic mass is 16.5. The van der Waals surface area contributed by atoms with Crippen molar-refractivity contribution >= 4 is 17.2 Å². The highest BCUT2D eigenvalue weighted by Gasteiger charge is 2.21. The van der Waals surface area contributed by atoms with Crippen LogP contribution in [0.2, 0.25) is 0 Å². The van der Waals surface area contributed by atoms with Crippen molar-refractivity contribution in [3.63, 3.8) is 0 Å². The third-order valence-electron chi connectivity index (χ3n) is 2.50. The Kier molecular flexibility index (Phi) is 2.46. The van der Waals surface area contributed by atoms with Crippen molar-refractivity contribution in [1.82, 2.24) is 5.32 Å². The van der Waals surface area contributed by atoms with E-state index in [1.807, 2.05) is 31.2 Å². The number of carbonyl (C=O) groups excluding carboxylic acids is 1. The van der Waals surface area contributed by atoms with Gasteiger partial charge in [0.1, 0.15) is 0 Å². The second kappa shape index (κ2) is 3.77. The number of rotatable bonds is 2. The van der Waals surface area contributed by atoms with E-state index in [0.29, 0.717) is 6.42 Å². The zero-order valence-electron chi connectivity index (χ0n) is 8.78. The van der Waals surface area contributed by atoms with Crippen molar-refractivity contribution in [1.29, 1.82) is 0 Å². The summed E-state index contributed by atoms with van der Waals surface area (Å²) in [5.41, 5.74) is 3.85. The van der Waals surface area contributed by atoms with Crippen molar-refractivity contribution in [2.24, 2.45) is 0 Å². The van der Waals surface area contributed by atoms with E-state index < -0.39 is 0 Å². The SMILES string of the molecule is COC(=O)CC1=C(C)[N]c2ccccc21. The van der Waals surface area contributed by atoms with E-state index in [0.717, 1.165) is 22.5 Å². The Labute approximate surface area is 88.8 Å². The van der Waals surface area contributed by atoms with Gasteiger partial charge in [-0.15, -0.1) is 0 Å². The van der Waals surface area contributed by atoms with Gasteiger partial charge < -0.3 is 4.74 Å². The van der Waals surface area contributed by atoms with E-state index in [-0.39, 0.29) is 5.97 Å². The van der Waals surface area contributed by atoms with Crippen LogP contribution in [-0.2, 0) is 9.53 Å². The van der Waals surface area contributed by atoms with Gasteiger partial charge in [0, 0.05) is 11.3 Å². The molecule has 0 amide bonds. The maximum atomic E-state index is 11.2. The molecule has 0 aliphatic carbocycles. The highest BCUT2D eigenvalue weighted by Crippen LogP contribution is 2.35. The van der Waals surface area contributed by atoms with Gasteiger partial charge in [0.25, 0.3) is 0 Å². The number of ether oxygens (including phenoxy) is 1. The summed E-state index contributed by atoms with van der Waals surface area (Å²) < 4.78 is 4.66. The summed E-state index contributed by atoms with van der Waals surface area (Å²) in [5, 5.41) is 4.39. The Balaban J connectivity index is 2.32. The second-order valence-corrected chi connectivity index (χ2v) is 3.45. The Morgan fingerprint density at radius 3 is 2.87 bits per heavy atom. The minimum atomic E-state index is -0.226. The molecule has 1 heterocycles. The molecule has 1 aromatic rings. The van der Waals surface area contributed by atoms with Crippen LogP contribution in [-0.4, -0.2) is 13.1 Å². The van der Waals surface area contributed by atoms with Gasteiger partial charge in [0.2, 0.25) is 0 Å². The molecule has 1 aliphatic heterocycles. The molecule has 0 bridgehead atoms. The maximum absolute atomic E-state index is 11.2. The molecule has 1 aliphatic rings. The number of allylic oxidation sites excluding steroid dienone is 1. The normalized spacial score (nSPS) is 13.5. The largest absolute Gasteiger partial charge is 0.469 e. The monoisotopic (exact) mass is 202 g/mol. The molecule has 0 unspecified atom stereocenters. The van der Waals surface area contributed by atoms with Gasteiger partial charge in [0.05, 0.1) is 19.2 Å². The van der Waals surface area contributed by atoms with Crippen LogP contribution in [0.5, 0.6) is 0 Å². The van der Waals surface area contributed by atoms with Gasteiger partial charge >= 0.3 is 5.97 Å². The summed E-state index contributed by atoms with van der Waals surface area (Å²) in [4.78, 5) is 11.2. The first kappa shape index (κ1) is 9.77. The van der Waals surface area contributed by atoms with Gasteiger partial charge in [-0.2, -0.15) is 0 Å². The summed E-state index contributed by atoms with van der Waals surface area (Å²) in [7, 11) is 1.40. The fourth-order valence-corrected chi connectivity index (χ4v) is 1.71. The number of para-hydroxylation sites is 1. The second-order valence-electron chi connectivity index (χ2n) is 3.45. The number of nitrogens with zero attached hydrogens (tertiary/aromatic N) is 1. The lowest BCUT2D eigenvalue weighted by Gasteiger charge is -2.02. The molecule has 0 spiro atoms. The van der Waals surface area contributed by atoms with Gasteiger partial charge in [-0.3, -0.25) is 10.1 Å². The standard InChI is InChI=1S/C12H12NO2/c1-8-10(7-12(14)15-2)9-5-3-4-6-11(9)13-8/h3-6H,7H2,1-2H3. The van der Waals surface area contributed by atoms with Crippen LogP contribution < -0.4 is 5.32 Å². The molecule has 0 aromatic heterocycles. The van der Waals surface area contributed by atoms with E-state index in [1.165, 1.54) is 7.11 Å². The van der Waals surface area contributed by atoms with Crippen LogP contribution in [0, 0.1) is 0 Å². The van der Waals surface area contributed by atoms with Gasteiger partial charge in [-0.25, -0.2) is 0 Å². The van der Waals surface area contributed by atoms with E-state index in [9.17, 15) is 4.79 Å². The lowest BCUT2D eigenvalue weighted by molar-refractivity contribution is -0.139. The van der Waals surface area contributed by atoms with E-state index in [2.05, 4.69) is 10.1 Å². The number of hydrogen-bond acceptors (Lipinski definition) is 2. The maximum Gasteiger partial charge on any atom is 0.310 e. The number of carbonyl (C=O) groups is 1. The van der Waals surface area contributed by atoms with Crippen LogP contribution in [0.4, 0.5) is 5.69 Å². The van der Waals surface area contributed by atoms with Crippen LogP contribution in [0.25, 0.3) is 5.57 Å². The molecule has 0 saturated heterocycles. The average Bonchev–Trinajstić information content (AvgIpc) is 2.55. The van der Waals surface area contributed by atoms with Crippen molar-refractivity contribution in [3.8, 4) is 0 Å². The summed E-state index contributed by atoms with van der Waals surface area (Å²) >= 11 is 0. The summed E-state index contributed by atoms with van der Waals surface area (Å²) in [5.74, 6) is -0.226. The number of esters is 1. The number of hydrogen-bond donors (Lipinski definition) is 0. The zero-order valence-corrected chi connectivity index (χ0v) is 8.78. The predicted octanol–water partition coefficient (Wildman–Crippen LogP) is 2.23. The van der Waals surface area contributed by atoms with Gasteiger partial charge in [-0.1, -0.05) is 18.2 Å². The van der Waals surface area contributed by atoms with Gasteiger partial charge in [0.15, 0.2) is 0 Å². The predicted molar refractivity (Wildman–Crippen MR) is 57.5 cm³/mol. The topological polar surface area (TPSA) is 40.4 Å². The molecule has 15 heavy (non-hydrogen) atoms. The van der Waals surface area contributed by atoms with Crippen molar-refractivity contribution in [2.45, 2.75) is 13.3 Å². The molecule has 1 aromatic carbocycles. The molecule has 77 valence electrons. The summed E-state index contributed by atoms with van der Waals surface area (Å²) in [6.45, 7) is 1.91. The first-order valence-electron chi connectivity index (χ1n) is 4.80. The molecule has 0 saturated carbocycles. The molecule has 2 rings (SSSR count). The molecular formula is C12H12NO2. The molecule has 3 nitrogen and oxygen atoms in total. The minimum absolute atomic E-state index is 0.226. The molecule has 0 N–H and O–H groups in total. The van der Waals surface area contributed by atoms with Crippen molar-refractivity contribution < 1.29 is 9.53 Å². The molecule has 0 atom stereocenters. The Morgan fingerprint density at radius 2 is 2.13 bits per heavy atom. The lowest BCUT2D eigenvalue weighted by Crippen LogP contribution is -2.01.